The maximum absolute atomic E-state index is 12.7. The molecule has 5 heteroatoms. The van der Waals surface area contributed by atoms with Gasteiger partial charge in [0.25, 0.3) is 0 Å². The molecule has 1 aliphatic heterocycles. The molecule has 0 atom stereocenters. The number of benzene rings is 4. The summed E-state index contributed by atoms with van der Waals surface area (Å²) in [6, 6.07) is 42.3. The molecule has 0 saturated carbocycles. The van der Waals surface area contributed by atoms with Crippen molar-refractivity contribution in [2.45, 2.75) is 6.61 Å². The van der Waals surface area contributed by atoms with Crippen molar-refractivity contribution in [2.24, 2.45) is 5.92 Å². The van der Waals surface area contributed by atoms with Crippen molar-refractivity contribution in [3.63, 3.8) is 0 Å². The first kappa shape index (κ1) is 23.8. The van der Waals surface area contributed by atoms with Gasteiger partial charge in [-0.25, -0.2) is 0 Å². The molecule has 1 saturated heterocycles. The molecule has 1 heterocycles. The molecule has 4 aromatic rings. The predicted molar refractivity (Wildman–Crippen MR) is 151 cm³/mol. The van der Waals surface area contributed by atoms with Crippen LogP contribution in [0.4, 0.5) is 4.79 Å². The van der Waals surface area contributed by atoms with Crippen LogP contribution in [0.3, 0.4) is 0 Å². The molecular formula is C30H29BrNO2P. The number of ether oxygens (including phenoxy) is 1. The van der Waals surface area contributed by atoms with Crippen LogP contribution in [0.15, 0.2) is 121 Å². The fourth-order valence-electron chi connectivity index (χ4n) is 5.11. The van der Waals surface area contributed by atoms with Gasteiger partial charge >= 0.3 is 216 Å². The van der Waals surface area contributed by atoms with Gasteiger partial charge in [-0.15, -0.1) is 0 Å². The number of hydrogen-bond donors (Lipinski definition) is 0. The Morgan fingerprint density at radius 3 is 1.54 bits per heavy atom. The first-order valence-electron chi connectivity index (χ1n) is 11.9. The molecule has 0 unspecified atom stereocenters. The first-order valence-corrected chi connectivity index (χ1v) is 16.4. The standard InChI is InChI=1S/C30H29BrNO2P/c31-35(27-15-7-2-8-16-27,28-17-9-3-10-18-28,29-19-11-4-12-20-29)24-26-21-32(22-26)30(33)34-23-25-13-5-1-6-14-25/h1-20,26H,21-24H2. The topological polar surface area (TPSA) is 29.5 Å². The van der Waals surface area contributed by atoms with Gasteiger partial charge in [-0.2, -0.15) is 0 Å². The fourth-order valence-corrected chi connectivity index (χ4v) is 13.6. The van der Waals surface area contributed by atoms with E-state index in [-0.39, 0.29) is 6.09 Å². The number of carbonyl (C=O) groups is 1. The van der Waals surface area contributed by atoms with Crippen LogP contribution < -0.4 is 15.9 Å². The van der Waals surface area contributed by atoms with E-state index in [4.69, 9.17) is 4.74 Å². The van der Waals surface area contributed by atoms with E-state index < -0.39 is 5.31 Å². The van der Waals surface area contributed by atoms with E-state index in [1.54, 1.807) is 0 Å². The van der Waals surface area contributed by atoms with E-state index in [1.165, 1.54) is 15.9 Å². The van der Waals surface area contributed by atoms with Gasteiger partial charge in [-0.3, -0.25) is 0 Å². The van der Waals surface area contributed by atoms with Crippen molar-refractivity contribution in [3.05, 3.63) is 127 Å². The number of nitrogens with zero attached hydrogens (tertiary/aromatic N) is 1. The summed E-state index contributed by atoms with van der Waals surface area (Å²) in [5, 5.41) is 0.943. The Labute approximate surface area is 215 Å². The summed E-state index contributed by atoms with van der Waals surface area (Å²) in [7, 11) is 0. The second-order valence-corrected chi connectivity index (χ2v) is 18.2. The minimum atomic E-state index is -2.98. The van der Waals surface area contributed by atoms with E-state index in [0.29, 0.717) is 25.6 Å². The normalized spacial score (nSPS) is 15.0. The number of amides is 1. The van der Waals surface area contributed by atoms with Gasteiger partial charge in [0.2, 0.25) is 0 Å². The summed E-state index contributed by atoms with van der Waals surface area (Å²) < 4.78 is 5.58. The third-order valence-corrected chi connectivity index (χ3v) is 16.8. The molecule has 0 N–H and O–H groups in total. The summed E-state index contributed by atoms with van der Waals surface area (Å²) in [5.41, 5.74) is 1.00. The fraction of sp³-hybridized carbons (Fsp3) is 0.167. The molecule has 0 radical (unpaired) electrons. The summed E-state index contributed by atoms with van der Waals surface area (Å²) in [6.45, 7) is 1.70. The number of halogens is 1. The van der Waals surface area contributed by atoms with Crippen molar-refractivity contribution < 1.29 is 9.53 Å². The van der Waals surface area contributed by atoms with Gasteiger partial charge in [-0.05, 0) is 0 Å². The SMILES string of the molecule is O=C(OCc1ccccc1)N1CC(CP(Br)(c2ccccc2)(c2ccccc2)c2ccccc2)C1. The van der Waals surface area contributed by atoms with Crippen LogP contribution in [0.1, 0.15) is 5.56 Å². The van der Waals surface area contributed by atoms with Crippen LogP contribution in [-0.4, -0.2) is 30.2 Å². The molecule has 35 heavy (non-hydrogen) atoms. The van der Waals surface area contributed by atoms with Gasteiger partial charge in [0.15, 0.2) is 0 Å². The van der Waals surface area contributed by atoms with Crippen LogP contribution in [0.2, 0.25) is 0 Å². The zero-order valence-electron chi connectivity index (χ0n) is 19.5. The molecule has 0 aromatic heterocycles. The Morgan fingerprint density at radius 1 is 0.714 bits per heavy atom. The number of rotatable bonds is 7. The average molecular weight is 546 g/mol. The predicted octanol–water partition coefficient (Wildman–Crippen LogP) is 6.09. The van der Waals surface area contributed by atoms with Gasteiger partial charge in [0.05, 0.1) is 0 Å². The number of hydrogen-bond acceptors (Lipinski definition) is 2. The van der Waals surface area contributed by atoms with E-state index in [9.17, 15) is 4.79 Å². The van der Waals surface area contributed by atoms with E-state index in [1.807, 2.05) is 35.2 Å². The van der Waals surface area contributed by atoms with Crippen molar-refractivity contribution in [2.75, 3.05) is 19.3 Å². The van der Waals surface area contributed by atoms with Gasteiger partial charge in [0.1, 0.15) is 0 Å². The van der Waals surface area contributed by atoms with Crippen LogP contribution in [0.25, 0.3) is 0 Å². The molecule has 0 spiro atoms. The zero-order valence-corrected chi connectivity index (χ0v) is 22.0. The Bertz CT molecular complexity index is 1160. The molecule has 3 nitrogen and oxygen atoms in total. The molecule has 1 amide bonds. The van der Waals surface area contributed by atoms with Crippen molar-refractivity contribution in [3.8, 4) is 0 Å². The summed E-state index contributed by atoms with van der Waals surface area (Å²) in [5.74, 6) is 0.358. The molecule has 1 aliphatic rings. The van der Waals surface area contributed by atoms with Crippen LogP contribution >= 0.6 is 20.8 Å². The van der Waals surface area contributed by atoms with Gasteiger partial charge < -0.3 is 0 Å². The van der Waals surface area contributed by atoms with Crippen molar-refractivity contribution in [1.82, 2.24) is 4.90 Å². The quantitative estimate of drug-likeness (QED) is 0.263. The van der Waals surface area contributed by atoms with Crippen LogP contribution in [0, 0.1) is 5.92 Å². The van der Waals surface area contributed by atoms with Crippen LogP contribution in [0.5, 0.6) is 0 Å². The van der Waals surface area contributed by atoms with E-state index in [0.717, 1.165) is 11.7 Å². The van der Waals surface area contributed by atoms with E-state index in [2.05, 4.69) is 106 Å². The molecule has 0 aliphatic carbocycles. The summed E-state index contributed by atoms with van der Waals surface area (Å²) in [4.78, 5) is 14.5. The summed E-state index contributed by atoms with van der Waals surface area (Å²) >= 11 is 4.51. The maximum atomic E-state index is 12.7. The Kier molecular flexibility index (Phi) is 6.77. The first-order chi connectivity index (χ1) is 17.1. The Morgan fingerprint density at radius 2 is 1.11 bits per heavy atom. The molecule has 4 aromatic carbocycles. The van der Waals surface area contributed by atoms with E-state index >= 15 is 0 Å². The Hall–Kier alpha value is -2.94. The minimum absolute atomic E-state index is 0.237. The number of likely N-dealkylation sites (tertiary alicyclic amines) is 1. The van der Waals surface area contributed by atoms with Crippen molar-refractivity contribution in [1.29, 1.82) is 0 Å². The van der Waals surface area contributed by atoms with Crippen LogP contribution in [-0.2, 0) is 11.3 Å². The van der Waals surface area contributed by atoms with Gasteiger partial charge in [0, 0.05) is 0 Å². The molecule has 5 rings (SSSR count). The molecule has 178 valence electrons. The molecule has 0 bridgehead atoms. The van der Waals surface area contributed by atoms with Gasteiger partial charge in [-0.1, -0.05) is 0 Å². The third-order valence-electron chi connectivity index (χ3n) is 6.91. The molecule has 1 fully saturated rings. The monoisotopic (exact) mass is 545 g/mol. The number of carbonyl (C=O) groups excluding carboxylic acids is 1. The second-order valence-electron chi connectivity index (χ2n) is 9.18. The molecular weight excluding hydrogens is 517 g/mol. The Balaban J connectivity index is 1.43. The third kappa shape index (κ3) is 4.53. The second kappa shape index (κ2) is 9.97. The zero-order chi connectivity index (χ0) is 24.2. The summed E-state index contributed by atoms with van der Waals surface area (Å²) in [6.07, 6.45) is 0.700. The van der Waals surface area contributed by atoms with Crippen molar-refractivity contribution >= 4 is 42.8 Å². The average Bonchev–Trinajstić information content (AvgIpc) is 2.91.